The molecule has 0 heterocycles. The highest BCUT2D eigenvalue weighted by Gasteiger charge is 2.34. The highest BCUT2D eigenvalue weighted by molar-refractivity contribution is 5.41. The van der Waals surface area contributed by atoms with Crippen LogP contribution >= 0.6 is 0 Å². The van der Waals surface area contributed by atoms with Gasteiger partial charge in [-0.1, -0.05) is 49.9 Å². The van der Waals surface area contributed by atoms with E-state index in [9.17, 15) is 9.50 Å². The fourth-order valence-corrected chi connectivity index (χ4v) is 3.64. The van der Waals surface area contributed by atoms with Crippen LogP contribution in [0.4, 0.5) is 4.39 Å². The van der Waals surface area contributed by atoms with E-state index in [1.807, 2.05) is 18.2 Å². The normalized spacial score (nSPS) is 18.1. The zero-order chi connectivity index (χ0) is 14.7. The van der Waals surface area contributed by atoms with Crippen molar-refractivity contribution in [1.29, 1.82) is 0 Å². The number of hydrogen-bond acceptors (Lipinski definition) is 1. The largest absolute Gasteiger partial charge is 0.508 e. The van der Waals surface area contributed by atoms with Gasteiger partial charge < -0.3 is 5.11 Å². The highest BCUT2D eigenvalue weighted by atomic mass is 19.1. The molecule has 0 aliphatic heterocycles. The van der Waals surface area contributed by atoms with E-state index in [0.29, 0.717) is 0 Å². The van der Waals surface area contributed by atoms with Crippen molar-refractivity contribution >= 4 is 0 Å². The number of benzene rings is 2. The third kappa shape index (κ3) is 2.80. The molecule has 1 aliphatic rings. The standard InChI is InChI=1S/C19H21FO/c20-17-7-5-6-16(14-17)19(12-3-1-2-4-13-19)15-8-10-18(21)11-9-15/h5-11,14,21H,1-4,12-13H2. The predicted octanol–water partition coefficient (Wildman–Crippen LogP) is 5.17. The first-order valence-electron chi connectivity index (χ1n) is 7.76. The average molecular weight is 284 g/mol. The molecule has 1 nitrogen and oxygen atoms in total. The van der Waals surface area contributed by atoms with Gasteiger partial charge in [0.15, 0.2) is 0 Å². The summed E-state index contributed by atoms with van der Waals surface area (Å²) in [5.41, 5.74) is 2.13. The van der Waals surface area contributed by atoms with Gasteiger partial charge in [-0.05, 0) is 48.2 Å². The molecule has 0 unspecified atom stereocenters. The Morgan fingerprint density at radius 3 is 2.10 bits per heavy atom. The maximum Gasteiger partial charge on any atom is 0.123 e. The molecule has 2 aromatic rings. The van der Waals surface area contributed by atoms with Crippen molar-refractivity contribution in [3.63, 3.8) is 0 Å². The van der Waals surface area contributed by atoms with E-state index in [2.05, 4.69) is 0 Å². The van der Waals surface area contributed by atoms with Crippen molar-refractivity contribution in [2.24, 2.45) is 0 Å². The van der Waals surface area contributed by atoms with Gasteiger partial charge in [-0.2, -0.15) is 0 Å². The van der Waals surface area contributed by atoms with Crippen LogP contribution in [0.25, 0.3) is 0 Å². The van der Waals surface area contributed by atoms with E-state index in [-0.39, 0.29) is 17.0 Å². The van der Waals surface area contributed by atoms with Gasteiger partial charge in [-0.3, -0.25) is 0 Å². The minimum atomic E-state index is -0.171. The van der Waals surface area contributed by atoms with Crippen molar-refractivity contribution in [2.45, 2.75) is 43.9 Å². The summed E-state index contributed by atoms with van der Waals surface area (Å²) in [4.78, 5) is 0. The number of hydrogen-bond donors (Lipinski definition) is 1. The van der Waals surface area contributed by atoms with Gasteiger partial charge in [0.1, 0.15) is 11.6 Å². The molecule has 1 N–H and O–H groups in total. The summed E-state index contributed by atoms with van der Waals surface area (Å²) in [5, 5.41) is 9.55. The number of aromatic hydroxyl groups is 1. The Hall–Kier alpha value is -1.83. The molecular weight excluding hydrogens is 263 g/mol. The Balaban J connectivity index is 2.11. The van der Waals surface area contributed by atoms with Crippen LogP contribution in [0.3, 0.4) is 0 Å². The fraction of sp³-hybridized carbons (Fsp3) is 0.368. The number of halogens is 1. The summed E-state index contributed by atoms with van der Waals surface area (Å²) >= 11 is 0. The summed E-state index contributed by atoms with van der Waals surface area (Å²) in [5.74, 6) is 0.108. The molecule has 0 radical (unpaired) electrons. The van der Waals surface area contributed by atoms with Crippen molar-refractivity contribution in [2.75, 3.05) is 0 Å². The van der Waals surface area contributed by atoms with E-state index >= 15 is 0 Å². The average Bonchev–Trinajstić information content (AvgIpc) is 2.75. The van der Waals surface area contributed by atoms with Crippen molar-refractivity contribution < 1.29 is 9.50 Å². The zero-order valence-corrected chi connectivity index (χ0v) is 12.2. The lowest BCUT2D eigenvalue weighted by Crippen LogP contribution is -2.27. The molecule has 1 fully saturated rings. The van der Waals surface area contributed by atoms with Crippen molar-refractivity contribution in [1.82, 2.24) is 0 Å². The van der Waals surface area contributed by atoms with Crippen LogP contribution in [0.5, 0.6) is 5.75 Å². The van der Waals surface area contributed by atoms with Gasteiger partial charge in [0.25, 0.3) is 0 Å². The molecule has 0 saturated heterocycles. The number of rotatable bonds is 2. The van der Waals surface area contributed by atoms with E-state index in [1.165, 1.54) is 24.5 Å². The first-order chi connectivity index (χ1) is 10.2. The van der Waals surface area contributed by atoms with Gasteiger partial charge in [0, 0.05) is 5.41 Å². The van der Waals surface area contributed by atoms with Crippen LogP contribution < -0.4 is 0 Å². The number of phenols is 1. The Kier molecular flexibility index (Phi) is 3.96. The maximum absolute atomic E-state index is 13.7. The first-order valence-corrected chi connectivity index (χ1v) is 7.76. The van der Waals surface area contributed by atoms with Crippen LogP contribution in [-0.4, -0.2) is 5.11 Å². The Labute approximate surface area is 125 Å². The lowest BCUT2D eigenvalue weighted by molar-refractivity contribution is 0.439. The lowest BCUT2D eigenvalue weighted by Gasteiger charge is -2.34. The van der Waals surface area contributed by atoms with Crippen LogP contribution in [0.2, 0.25) is 0 Å². The molecule has 0 amide bonds. The molecule has 1 saturated carbocycles. The van der Waals surface area contributed by atoms with E-state index in [4.69, 9.17) is 0 Å². The molecule has 1 aliphatic carbocycles. The minimum absolute atomic E-state index is 0.119. The third-order valence-corrected chi connectivity index (χ3v) is 4.75. The molecular formula is C19H21FO. The molecule has 3 rings (SSSR count). The van der Waals surface area contributed by atoms with Gasteiger partial charge >= 0.3 is 0 Å². The SMILES string of the molecule is Oc1ccc(C2(c3cccc(F)c3)CCCCCC2)cc1. The predicted molar refractivity (Wildman–Crippen MR) is 83.0 cm³/mol. The molecule has 0 bridgehead atoms. The number of phenolic OH excluding ortho intramolecular Hbond substituents is 1. The van der Waals surface area contributed by atoms with Crippen LogP contribution in [0.1, 0.15) is 49.7 Å². The van der Waals surface area contributed by atoms with E-state index in [1.54, 1.807) is 24.3 Å². The quantitative estimate of drug-likeness (QED) is 0.754. The zero-order valence-electron chi connectivity index (χ0n) is 12.2. The topological polar surface area (TPSA) is 20.2 Å². The summed E-state index contributed by atoms with van der Waals surface area (Å²) in [7, 11) is 0. The first kappa shape index (κ1) is 14.1. The van der Waals surface area contributed by atoms with Gasteiger partial charge in [0.2, 0.25) is 0 Å². The molecule has 21 heavy (non-hydrogen) atoms. The smallest absolute Gasteiger partial charge is 0.123 e. The Bertz CT molecular complexity index is 595. The summed E-state index contributed by atoms with van der Waals surface area (Å²) < 4.78 is 13.7. The fourth-order valence-electron chi connectivity index (χ4n) is 3.64. The maximum atomic E-state index is 13.7. The second-order valence-electron chi connectivity index (χ2n) is 6.05. The minimum Gasteiger partial charge on any atom is -0.508 e. The van der Waals surface area contributed by atoms with Gasteiger partial charge in [-0.15, -0.1) is 0 Å². The molecule has 0 aromatic heterocycles. The molecule has 110 valence electrons. The molecule has 2 heteroatoms. The van der Waals surface area contributed by atoms with Gasteiger partial charge in [0.05, 0.1) is 0 Å². The highest BCUT2D eigenvalue weighted by Crippen LogP contribution is 2.44. The third-order valence-electron chi connectivity index (χ3n) is 4.75. The van der Waals surface area contributed by atoms with E-state index in [0.717, 1.165) is 31.2 Å². The second-order valence-corrected chi connectivity index (χ2v) is 6.05. The Morgan fingerprint density at radius 2 is 1.48 bits per heavy atom. The van der Waals surface area contributed by atoms with Gasteiger partial charge in [-0.25, -0.2) is 4.39 Å². The second kappa shape index (κ2) is 5.88. The summed E-state index contributed by atoms with van der Waals surface area (Å²) in [6, 6.07) is 14.5. The van der Waals surface area contributed by atoms with Crippen LogP contribution in [0.15, 0.2) is 48.5 Å². The molecule has 0 spiro atoms. The monoisotopic (exact) mass is 284 g/mol. The molecule has 0 atom stereocenters. The van der Waals surface area contributed by atoms with E-state index < -0.39 is 0 Å². The lowest BCUT2D eigenvalue weighted by atomic mass is 9.69. The Morgan fingerprint density at radius 1 is 0.810 bits per heavy atom. The van der Waals surface area contributed by atoms with Crippen molar-refractivity contribution in [3.8, 4) is 5.75 Å². The van der Waals surface area contributed by atoms with Crippen LogP contribution in [0, 0.1) is 5.82 Å². The molecule has 2 aromatic carbocycles. The van der Waals surface area contributed by atoms with Crippen LogP contribution in [-0.2, 0) is 5.41 Å². The summed E-state index contributed by atoms with van der Waals surface area (Å²) in [6.45, 7) is 0. The summed E-state index contributed by atoms with van der Waals surface area (Å²) in [6.07, 6.45) is 6.90. The van der Waals surface area contributed by atoms with Crippen molar-refractivity contribution in [3.05, 3.63) is 65.5 Å².